The first-order chi connectivity index (χ1) is 24.1. The van der Waals surface area contributed by atoms with Crippen LogP contribution in [0.15, 0.2) is 29.8 Å². The second kappa shape index (κ2) is 17.5. The van der Waals surface area contributed by atoms with Gasteiger partial charge in [-0.2, -0.15) is 0 Å². The first-order valence-electron chi connectivity index (χ1n) is 17.9. The Morgan fingerprint density at radius 2 is 1.67 bits per heavy atom. The summed E-state index contributed by atoms with van der Waals surface area (Å²) >= 11 is 1.51. The van der Waals surface area contributed by atoms with Crippen molar-refractivity contribution in [3.63, 3.8) is 0 Å². The summed E-state index contributed by atoms with van der Waals surface area (Å²) in [5, 5.41) is 27.9. The Kier molecular flexibility index (Phi) is 13.7. The van der Waals surface area contributed by atoms with E-state index >= 15 is 0 Å². The highest BCUT2D eigenvalue weighted by Gasteiger charge is 2.53. The predicted molar refractivity (Wildman–Crippen MR) is 191 cm³/mol. The number of amides is 4. The van der Waals surface area contributed by atoms with Crippen molar-refractivity contribution in [2.24, 2.45) is 5.41 Å². The molecule has 1 saturated heterocycles. The molecule has 5 N–H and O–H groups in total. The fourth-order valence-electron chi connectivity index (χ4n) is 6.28. The van der Waals surface area contributed by atoms with Gasteiger partial charge in [0.25, 0.3) is 5.91 Å². The molecule has 12 nitrogen and oxygen atoms in total. The van der Waals surface area contributed by atoms with E-state index in [1.54, 1.807) is 26.3 Å². The van der Waals surface area contributed by atoms with Crippen LogP contribution in [0.5, 0.6) is 0 Å². The lowest BCUT2D eigenvalue weighted by Crippen LogP contribution is -2.59. The Morgan fingerprint density at radius 1 is 1.02 bits per heavy atom. The van der Waals surface area contributed by atoms with E-state index < -0.39 is 59.0 Å². The molecule has 1 aromatic heterocycles. The zero-order valence-electron chi connectivity index (χ0n) is 30.0. The molecule has 2 aromatic rings. The zero-order chi connectivity index (χ0) is 37.3. The summed E-state index contributed by atoms with van der Waals surface area (Å²) in [5.41, 5.74) is 1.49. The van der Waals surface area contributed by atoms with Crippen molar-refractivity contribution in [1.82, 2.24) is 25.8 Å². The number of carboxylic acids is 1. The summed E-state index contributed by atoms with van der Waals surface area (Å²) in [6.45, 7) is 7.47. The third-order valence-corrected chi connectivity index (χ3v) is 10.5. The van der Waals surface area contributed by atoms with Gasteiger partial charge in [0.2, 0.25) is 17.7 Å². The highest BCUT2D eigenvalue weighted by molar-refractivity contribution is 7.13. The van der Waals surface area contributed by atoms with Gasteiger partial charge in [-0.15, -0.1) is 11.3 Å². The van der Waals surface area contributed by atoms with Gasteiger partial charge in [-0.3, -0.25) is 24.0 Å². The summed E-state index contributed by atoms with van der Waals surface area (Å²) in [5.74, 6) is -3.04. The molecule has 1 aliphatic heterocycles. The number of halogens is 1. The number of aliphatic hydroxyl groups is 1. The van der Waals surface area contributed by atoms with E-state index in [9.17, 15) is 33.5 Å². The summed E-state index contributed by atoms with van der Waals surface area (Å²) in [7, 11) is 0. The molecule has 4 rings (SSSR count). The summed E-state index contributed by atoms with van der Waals surface area (Å²) < 4.78 is 14.6. The second-order valence-corrected chi connectivity index (χ2v) is 15.8. The van der Waals surface area contributed by atoms with E-state index in [0.717, 1.165) is 48.2 Å². The van der Waals surface area contributed by atoms with Crippen molar-refractivity contribution in [3.05, 3.63) is 41.0 Å². The van der Waals surface area contributed by atoms with Gasteiger partial charge in [0, 0.05) is 25.9 Å². The van der Waals surface area contributed by atoms with E-state index in [1.165, 1.54) is 16.2 Å². The van der Waals surface area contributed by atoms with Crippen LogP contribution in [-0.2, 0) is 24.0 Å². The largest absolute Gasteiger partial charge is 0.481 e. The summed E-state index contributed by atoms with van der Waals surface area (Å²) in [6.07, 6.45) is 4.30. The van der Waals surface area contributed by atoms with Crippen LogP contribution in [0.1, 0.15) is 109 Å². The number of carbonyl (C=O) groups excluding carboxylic acids is 4. The fourth-order valence-corrected chi connectivity index (χ4v) is 7.09. The molecule has 1 aliphatic carbocycles. The normalized spacial score (nSPS) is 19.2. The number of likely N-dealkylation sites (tertiary alicyclic amines) is 1. The van der Waals surface area contributed by atoms with Crippen molar-refractivity contribution in [2.45, 2.75) is 128 Å². The van der Waals surface area contributed by atoms with Gasteiger partial charge >= 0.3 is 5.97 Å². The van der Waals surface area contributed by atoms with E-state index in [0.29, 0.717) is 18.5 Å². The molecule has 0 unspecified atom stereocenters. The molecule has 1 saturated carbocycles. The third kappa shape index (κ3) is 11.3. The highest BCUT2D eigenvalue weighted by Crippen LogP contribution is 2.40. The lowest BCUT2D eigenvalue weighted by molar-refractivity contribution is -0.145. The number of nitrogens with zero attached hydrogens (tertiary/aromatic N) is 2. The van der Waals surface area contributed by atoms with Crippen molar-refractivity contribution in [1.29, 1.82) is 0 Å². The maximum absolute atomic E-state index is 14.6. The lowest BCUT2D eigenvalue weighted by Gasteiger charge is -2.36. The number of aromatic nitrogens is 1. The van der Waals surface area contributed by atoms with Crippen molar-refractivity contribution < 1.29 is 38.6 Å². The Hall–Kier alpha value is -3.91. The molecule has 14 heteroatoms. The van der Waals surface area contributed by atoms with Crippen LogP contribution in [0, 0.1) is 12.3 Å². The first-order valence-corrected chi connectivity index (χ1v) is 18.7. The average Bonchev–Trinajstić information content (AvgIpc) is 3.48. The van der Waals surface area contributed by atoms with E-state index in [2.05, 4.69) is 20.9 Å². The first kappa shape index (κ1) is 39.9. The number of β-amino-alcohol motifs (C(OH)–C–C–N with tert-alkyl or cyclic N) is 1. The summed E-state index contributed by atoms with van der Waals surface area (Å²) in [4.78, 5) is 70.9. The zero-order valence-corrected chi connectivity index (χ0v) is 30.8. The van der Waals surface area contributed by atoms with Gasteiger partial charge in [0.05, 0.1) is 34.6 Å². The van der Waals surface area contributed by atoms with Gasteiger partial charge in [-0.05, 0) is 49.1 Å². The van der Waals surface area contributed by atoms with Crippen molar-refractivity contribution in [3.8, 4) is 10.4 Å². The number of alkyl halides is 1. The quantitative estimate of drug-likeness (QED) is 0.138. The van der Waals surface area contributed by atoms with E-state index in [4.69, 9.17) is 5.11 Å². The number of thiazole rings is 1. The SMILES string of the molecule is Cc1ncsc1-c1ccc([C@H](CC(=O)NCCCCCCCCC(=O)O)NC(=O)[C@@H]2C[C@@H](O)CN2C(=O)[C@@H](NC(=O)C2(F)CC2)C(C)(C)C)cc1. The minimum Gasteiger partial charge on any atom is -0.481 e. The monoisotopic (exact) mass is 729 g/mol. The Labute approximate surface area is 303 Å². The molecule has 4 atom stereocenters. The van der Waals surface area contributed by atoms with Crippen LogP contribution >= 0.6 is 11.3 Å². The van der Waals surface area contributed by atoms with Gasteiger partial charge in [0.1, 0.15) is 12.1 Å². The van der Waals surface area contributed by atoms with Crippen LogP contribution in [-0.4, -0.2) is 86.6 Å². The Morgan fingerprint density at radius 3 is 2.25 bits per heavy atom. The van der Waals surface area contributed by atoms with Gasteiger partial charge in [-0.25, -0.2) is 9.37 Å². The molecule has 4 amide bonds. The molecule has 2 heterocycles. The average molecular weight is 730 g/mol. The van der Waals surface area contributed by atoms with Crippen LogP contribution < -0.4 is 16.0 Å². The number of benzene rings is 1. The summed E-state index contributed by atoms with van der Waals surface area (Å²) in [6, 6.07) is 4.55. The van der Waals surface area contributed by atoms with Crippen LogP contribution in [0.25, 0.3) is 10.4 Å². The van der Waals surface area contributed by atoms with Crippen molar-refractivity contribution >= 4 is 40.9 Å². The number of aliphatic hydroxyl groups excluding tert-OH is 1. The van der Waals surface area contributed by atoms with Crippen LogP contribution in [0.3, 0.4) is 0 Å². The number of hydrogen-bond donors (Lipinski definition) is 5. The number of carbonyl (C=O) groups is 5. The Bertz CT molecular complexity index is 1540. The minimum atomic E-state index is -1.99. The number of aliphatic carboxylic acids is 1. The molecule has 0 radical (unpaired) electrons. The number of carboxylic acid groups (broad SMARTS) is 1. The Balaban J connectivity index is 1.44. The molecular weight excluding hydrogens is 678 g/mol. The molecule has 280 valence electrons. The van der Waals surface area contributed by atoms with Gasteiger partial charge < -0.3 is 31.1 Å². The maximum atomic E-state index is 14.6. The van der Waals surface area contributed by atoms with Crippen LogP contribution in [0.4, 0.5) is 4.39 Å². The number of rotatable bonds is 18. The predicted octanol–water partition coefficient (Wildman–Crippen LogP) is 4.59. The maximum Gasteiger partial charge on any atom is 0.303 e. The molecule has 51 heavy (non-hydrogen) atoms. The molecule has 2 fully saturated rings. The van der Waals surface area contributed by atoms with Crippen molar-refractivity contribution in [2.75, 3.05) is 13.1 Å². The number of aryl methyl sites for hydroxylation is 1. The smallest absolute Gasteiger partial charge is 0.303 e. The van der Waals surface area contributed by atoms with E-state index in [-0.39, 0.29) is 44.6 Å². The highest BCUT2D eigenvalue weighted by atomic mass is 32.1. The van der Waals surface area contributed by atoms with Gasteiger partial charge in [0.15, 0.2) is 5.67 Å². The number of hydrogen-bond acceptors (Lipinski definition) is 8. The third-order valence-electron chi connectivity index (χ3n) is 9.52. The molecule has 0 spiro atoms. The van der Waals surface area contributed by atoms with Gasteiger partial charge in [-0.1, -0.05) is 70.7 Å². The standard InChI is InChI=1S/C37H52FN5O7S/c1-23-31(51-22-40-23)25-14-12-24(13-15-25)27(20-29(45)39-18-10-8-6-5-7-9-11-30(46)47)41-33(48)28-19-26(44)21-43(28)34(49)32(36(2,3)4)42-35(50)37(38)16-17-37/h12-15,22,26-28,32,44H,5-11,16-21H2,1-4H3,(H,39,45)(H,41,48)(H,42,50)(H,46,47)/t26-,27+,28+,32-/m1/s1. The second-order valence-electron chi connectivity index (χ2n) is 14.9. The van der Waals surface area contributed by atoms with Crippen LogP contribution in [0.2, 0.25) is 0 Å². The fraction of sp³-hybridized carbons (Fsp3) is 0.622. The number of nitrogens with one attached hydrogen (secondary N) is 3. The lowest BCUT2D eigenvalue weighted by atomic mass is 9.85. The molecule has 1 aromatic carbocycles. The molecule has 0 bridgehead atoms. The molecular formula is C37H52FN5O7S. The topological polar surface area (TPSA) is 178 Å². The molecule has 2 aliphatic rings. The van der Waals surface area contributed by atoms with E-state index in [1.807, 2.05) is 31.2 Å². The minimum absolute atomic E-state index is 0.0335. The number of unbranched alkanes of at least 4 members (excludes halogenated alkanes) is 5.